The number of nitrogens with one attached hydrogen (secondary N) is 1. The Kier molecular flexibility index (Phi) is 3.35. The van der Waals surface area contributed by atoms with Gasteiger partial charge in [0.05, 0.1) is 11.7 Å². The highest BCUT2D eigenvalue weighted by Gasteiger charge is 2.21. The van der Waals surface area contributed by atoms with Crippen LogP contribution in [0.3, 0.4) is 0 Å². The number of aliphatic imine (C=N–C) groups is 1. The second kappa shape index (κ2) is 5.00. The first-order valence-corrected chi connectivity index (χ1v) is 7.59. The van der Waals surface area contributed by atoms with Gasteiger partial charge in [-0.3, -0.25) is 4.99 Å². The molecule has 100 valence electrons. The van der Waals surface area contributed by atoms with Gasteiger partial charge in [-0.1, -0.05) is 13.8 Å². The summed E-state index contributed by atoms with van der Waals surface area (Å²) in [7, 11) is 0. The second-order valence-corrected chi connectivity index (χ2v) is 6.45. The van der Waals surface area contributed by atoms with Gasteiger partial charge in [0.1, 0.15) is 10.9 Å². The number of H-pyrrole nitrogens is 1. The van der Waals surface area contributed by atoms with E-state index in [1.165, 1.54) is 12.1 Å². The highest BCUT2D eigenvalue weighted by atomic mass is 32.2. The lowest BCUT2D eigenvalue weighted by Crippen LogP contribution is -2.07. The molecule has 0 saturated heterocycles. The summed E-state index contributed by atoms with van der Waals surface area (Å²) in [5, 5.41) is 2.09. The quantitative estimate of drug-likeness (QED) is 0.893. The lowest BCUT2D eigenvalue weighted by atomic mass is 10.1. The third kappa shape index (κ3) is 2.68. The summed E-state index contributed by atoms with van der Waals surface area (Å²) in [4.78, 5) is 8.03. The average Bonchev–Trinajstić information content (AvgIpc) is 2.93. The van der Waals surface area contributed by atoms with Crippen LogP contribution in [0.1, 0.15) is 26.0 Å². The van der Waals surface area contributed by atoms with Crippen molar-refractivity contribution in [2.75, 3.05) is 5.75 Å². The van der Waals surface area contributed by atoms with Gasteiger partial charge in [0.15, 0.2) is 0 Å². The monoisotopic (exact) mass is 276 g/mol. The number of fused-ring (bicyclic) bond motifs is 1. The van der Waals surface area contributed by atoms with Crippen LogP contribution >= 0.6 is 11.8 Å². The molecule has 2 nitrogen and oxygen atoms in total. The summed E-state index contributed by atoms with van der Waals surface area (Å²) in [6.45, 7) is 4.45. The van der Waals surface area contributed by atoms with Crippen molar-refractivity contribution >= 4 is 27.7 Å². The number of nitrogens with zero attached hydrogens (tertiary/aromatic N) is 1. The van der Waals surface area contributed by atoms with Gasteiger partial charge in [0.25, 0.3) is 0 Å². The summed E-state index contributed by atoms with van der Waals surface area (Å²) in [6.07, 6.45) is 1.13. The third-order valence-corrected chi connectivity index (χ3v) is 4.42. The SMILES string of the molecule is CC(C)CC1CSC(c2cc3ccc(F)cc3[nH]2)=N1. The summed E-state index contributed by atoms with van der Waals surface area (Å²) >= 11 is 1.79. The molecule has 1 unspecified atom stereocenters. The van der Waals surface area contributed by atoms with Crippen LogP contribution < -0.4 is 0 Å². The Morgan fingerprint density at radius 3 is 3.05 bits per heavy atom. The molecule has 1 atom stereocenters. The van der Waals surface area contributed by atoms with Crippen LogP contribution in [0.15, 0.2) is 29.3 Å². The fraction of sp³-hybridized carbons (Fsp3) is 0.400. The molecule has 0 bridgehead atoms. The zero-order valence-electron chi connectivity index (χ0n) is 11.1. The maximum absolute atomic E-state index is 13.2. The first-order valence-electron chi connectivity index (χ1n) is 6.61. The van der Waals surface area contributed by atoms with Gasteiger partial charge in [-0.05, 0) is 36.6 Å². The number of benzene rings is 1. The van der Waals surface area contributed by atoms with Crippen molar-refractivity contribution < 1.29 is 4.39 Å². The molecule has 3 rings (SSSR count). The minimum atomic E-state index is -0.209. The number of rotatable bonds is 3. The van der Waals surface area contributed by atoms with E-state index >= 15 is 0 Å². The van der Waals surface area contributed by atoms with Crippen molar-refractivity contribution in [2.24, 2.45) is 10.9 Å². The lowest BCUT2D eigenvalue weighted by Gasteiger charge is -2.07. The Balaban J connectivity index is 1.88. The topological polar surface area (TPSA) is 28.1 Å². The minimum Gasteiger partial charge on any atom is -0.353 e. The molecular weight excluding hydrogens is 259 g/mol. The van der Waals surface area contributed by atoms with Gasteiger partial charge in [0.2, 0.25) is 0 Å². The van der Waals surface area contributed by atoms with E-state index in [9.17, 15) is 4.39 Å². The smallest absolute Gasteiger partial charge is 0.125 e. The molecule has 1 aromatic heterocycles. The molecule has 19 heavy (non-hydrogen) atoms. The zero-order chi connectivity index (χ0) is 13.4. The highest BCUT2D eigenvalue weighted by Crippen LogP contribution is 2.28. The highest BCUT2D eigenvalue weighted by molar-refractivity contribution is 8.14. The summed E-state index contributed by atoms with van der Waals surface area (Å²) < 4.78 is 13.2. The zero-order valence-corrected chi connectivity index (χ0v) is 11.9. The van der Waals surface area contributed by atoms with Gasteiger partial charge < -0.3 is 4.98 Å². The normalized spacial score (nSPS) is 19.4. The molecular formula is C15H17FN2S. The molecule has 0 spiro atoms. The molecule has 1 aliphatic rings. The van der Waals surface area contributed by atoms with E-state index in [0.717, 1.165) is 33.8 Å². The number of aromatic amines is 1. The van der Waals surface area contributed by atoms with Crippen LogP contribution in [0.4, 0.5) is 4.39 Å². The van der Waals surface area contributed by atoms with Crippen LogP contribution in [-0.4, -0.2) is 21.8 Å². The molecule has 0 amide bonds. The van der Waals surface area contributed by atoms with E-state index in [-0.39, 0.29) is 5.82 Å². The Bertz CT molecular complexity index is 630. The number of aromatic nitrogens is 1. The first-order chi connectivity index (χ1) is 9.11. The Hall–Kier alpha value is -1.29. The largest absolute Gasteiger partial charge is 0.353 e. The van der Waals surface area contributed by atoms with Crippen molar-refractivity contribution in [3.05, 3.63) is 35.8 Å². The van der Waals surface area contributed by atoms with Crippen molar-refractivity contribution in [1.29, 1.82) is 0 Å². The number of halogens is 1. The van der Waals surface area contributed by atoms with Gasteiger partial charge >= 0.3 is 0 Å². The van der Waals surface area contributed by atoms with Crippen molar-refractivity contribution in [3.8, 4) is 0 Å². The molecule has 1 aliphatic heterocycles. The van der Waals surface area contributed by atoms with Crippen molar-refractivity contribution in [2.45, 2.75) is 26.3 Å². The number of thioether (sulfide) groups is 1. The Labute approximate surface area is 116 Å². The summed E-state index contributed by atoms with van der Waals surface area (Å²) in [5.74, 6) is 1.52. The van der Waals surface area contributed by atoms with Gasteiger partial charge in [-0.15, -0.1) is 11.8 Å². The molecule has 0 fully saturated rings. The molecule has 2 aromatic rings. The first kappa shape index (κ1) is 12.7. The molecule has 0 radical (unpaired) electrons. The maximum atomic E-state index is 13.2. The van der Waals surface area contributed by atoms with E-state index in [1.807, 2.05) is 0 Å². The van der Waals surface area contributed by atoms with E-state index in [4.69, 9.17) is 4.99 Å². The van der Waals surface area contributed by atoms with E-state index < -0.39 is 0 Å². The fourth-order valence-electron chi connectivity index (χ4n) is 2.44. The van der Waals surface area contributed by atoms with Crippen LogP contribution in [0.25, 0.3) is 10.9 Å². The van der Waals surface area contributed by atoms with Crippen molar-refractivity contribution in [1.82, 2.24) is 4.98 Å². The van der Waals surface area contributed by atoms with E-state index in [1.54, 1.807) is 17.8 Å². The van der Waals surface area contributed by atoms with Crippen LogP contribution in [-0.2, 0) is 0 Å². The predicted molar refractivity (Wildman–Crippen MR) is 80.5 cm³/mol. The van der Waals surface area contributed by atoms with Gasteiger partial charge in [0, 0.05) is 16.7 Å². The van der Waals surface area contributed by atoms with Crippen LogP contribution in [0.2, 0.25) is 0 Å². The Morgan fingerprint density at radius 2 is 2.26 bits per heavy atom. The minimum absolute atomic E-state index is 0.209. The molecule has 2 heterocycles. The number of hydrogen-bond acceptors (Lipinski definition) is 2. The maximum Gasteiger partial charge on any atom is 0.125 e. The second-order valence-electron chi connectivity index (χ2n) is 5.44. The van der Waals surface area contributed by atoms with E-state index in [0.29, 0.717) is 12.0 Å². The van der Waals surface area contributed by atoms with E-state index in [2.05, 4.69) is 24.9 Å². The third-order valence-electron chi connectivity index (χ3n) is 3.27. The molecule has 4 heteroatoms. The van der Waals surface area contributed by atoms with Gasteiger partial charge in [-0.2, -0.15) is 0 Å². The fourth-order valence-corrected chi connectivity index (χ4v) is 3.49. The summed E-state index contributed by atoms with van der Waals surface area (Å²) in [5.41, 5.74) is 1.85. The molecule has 0 aliphatic carbocycles. The molecule has 0 saturated carbocycles. The molecule has 1 aromatic carbocycles. The lowest BCUT2D eigenvalue weighted by molar-refractivity contribution is 0.529. The standard InChI is InChI=1S/C15H17FN2S/c1-9(2)5-12-8-19-15(17-12)14-6-10-3-4-11(16)7-13(10)18-14/h3-4,6-7,9,12,18H,5,8H2,1-2H3. The van der Waals surface area contributed by atoms with Crippen LogP contribution in [0.5, 0.6) is 0 Å². The van der Waals surface area contributed by atoms with Crippen molar-refractivity contribution in [3.63, 3.8) is 0 Å². The number of hydrogen-bond donors (Lipinski definition) is 1. The average molecular weight is 276 g/mol. The Morgan fingerprint density at radius 1 is 1.42 bits per heavy atom. The molecule has 1 N–H and O–H groups in total. The predicted octanol–water partition coefficient (Wildman–Crippen LogP) is 4.22. The van der Waals surface area contributed by atoms with Crippen LogP contribution in [0, 0.1) is 11.7 Å². The van der Waals surface area contributed by atoms with Gasteiger partial charge in [-0.25, -0.2) is 4.39 Å². The summed E-state index contributed by atoms with van der Waals surface area (Å²) in [6, 6.07) is 7.30.